The van der Waals surface area contributed by atoms with Crippen LogP contribution in [-0.2, 0) is 31.3 Å². The van der Waals surface area contributed by atoms with Gasteiger partial charge in [0.1, 0.15) is 10.6 Å². The van der Waals surface area contributed by atoms with E-state index in [2.05, 4.69) is 5.32 Å². The Labute approximate surface area is 229 Å². The molecule has 3 aromatic carbocycles. The van der Waals surface area contributed by atoms with E-state index in [0.717, 1.165) is 5.56 Å². The van der Waals surface area contributed by atoms with E-state index >= 15 is 0 Å². The molecule has 208 valence electrons. The zero-order valence-corrected chi connectivity index (χ0v) is 23.4. The van der Waals surface area contributed by atoms with Gasteiger partial charge in [0, 0.05) is 37.4 Å². The van der Waals surface area contributed by atoms with Crippen molar-refractivity contribution in [1.29, 1.82) is 0 Å². The zero-order valence-electron chi connectivity index (χ0n) is 21.7. The highest BCUT2D eigenvalue weighted by molar-refractivity contribution is 7.89. The summed E-state index contributed by atoms with van der Waals surface area (Å²) >= 11 is 0. The van der Waals surface area contributed by atoms with E-state index in [-0.39, 0.29) is 53.0 Å². The first kappa shape index (κ1) is 28.7. The van der Waals surface area contributed by atoms with Crippen molar-refractivity contribution in [2.24, 2.45) is 0 Å². The molecule has 0 radical (unpaired) electrons. The third kappa shape index (κ3) is 6.48. The summed E-state index contributed by atoms with van der Waals surface area (Å²) in [7, 11) is -6.42. The lowest BCUT2D eigenvalue weighted by molar-refractivity contribution is 0.0730. The highest BCUT2D eigenvalue weighted by Gasteiger charge is 2.29. The third-order valence-corrected chi connectivity index (χ3v) is 10.1. The maximum Gasteiger partial charge on any atom is 0.255 e. The first-order valence-corrected chi connectivity index (χ1v) is 15.3. The van der Waals surface area contributed by atoms with Gasteiger partial charge >= 0.3 is 0 Å². The van der Waals surface area contributed by atoms with Gasteiger partial charge in [0.25, 0.3) is 5.91 Å². The van der Waals surface area contributed by atoms with Crippen LogP contribution in [-0.4, -0.2) is 71.3 Å². The van der Waals surface area contributed by atoms with Gasteiger partial charge in [-0.25, -0.2) is 16.8 Å². The van der Waals surface area contributed by atoms with Crippen LogP contribution >= 0.6 is 0 Å². The summed E-state index contributed by atoms with van der Waals surface area (Å²) in [6.45, 7) is 3.24. The fourth-order valence-corrected chi connectivity index (χ4v) is 7.26. The molecule has 0 saturated carbocycles. The Morgan fingerprint density at radius 1 is 0.974 bits per heavy atom. The number of carbonyl (C=O) groups is 1. The highest BCUT2D eigenvalue weighted by Crippen LogP contribution is 2.29. The number of morpholine rings is 1. The number of rotatable bonds is 10. The topological polar surface area (TPSA) is 122 Å². The van der Waals surface area contributed by atoms with E-state index in [1.807, 2.05) is 30.3 Å². The van der Waals surface area contributed by atoms with Gasteiger partial charge in [-0.1, -0.05) is 43.3 Å². The van der Waals surface area contributed by atoms with Gasteiger partial charge in [-0.2, -0.15) is 8.61 Å². The number of hydrogen-bond donors (Lipinski definition) is 1. The van der Waals surface area contributed by atoms with Gasteiger partial charge in [0.15, 0.2) is 0 Å². The van der Waals surface area contributed by atoms with Gasteiger partial charge in [0.2, 0.25) is 20.0 Å². The van der Waals surface area contributed by atoms with Crippen molar-refractivity contribution in [3.63, 3.8) is 0 Å². The van der Waals surface area contributed by atoms with E-state index in [4.69, 9.17) is 9.47 Å². The molecule has 10 nitrogen and oxygen atoms in total. The fourth-order valence-electron chi connectivity index (χ4n) is 4.19. The third-order valence-electron chi connectivity index (χ3n) is 6.30. The standard InChI is InChI=1S/C27H31N3O7S2/c1-3-29(20-21-8-5-4-6-9-21)39(34,35)26-18-22(12-13-25(26)36-2)27(31)28-23-10-7-11-24(19-23)38(32,33)30-14-16-37-17-15-30/h4-13,18-19H,3,14-17,20H2,1-2H3,(H,28,31). The minimum Gasteiger partial charge on any atom is -0.495 e. The molecule has 12 heteroatoms. The van der Waals surface area contributed by atoms with E-state index in [0.29, 0.717) is 13.2 Å². The second-order valence-corrected chi connectivity index (χ2v) is 12.6. The van der Waals surface area contributed by atoms with Crippen molar-refractivity contribution in [3.05, 3.63) is 83.9 Å². The number of amides is 1. The van der Waals surface area contributed by atoms with Crippen molar-refractivity contribution in [3.8, 4) is 5.75 Å². The van der Waals surface area contributed by atoms with Crippen LogP contribution in [0.25, 0.3) is 0 Å². The van der Waals surface area contributed by atoms with Gasteiger partial charge in [-0.05, 0) is 42.0 Å². The number of nitrogens with zero attached hydrogens (tertiary/aromatic N) is 2. The number of sulfonamides is 2. The summed E-state index contributed by atoms with van der Waals surface area (Å²) in [5, 5.41) is 2.68. The molecule has 1 amide bonds. The SMILES string of the molecule is CCN(Cc1ccccc1)S(=O)(=O)c1cc(C(=O)Nc2cccc(S(=O)(=O)N3CCOCC3)c2)ccc1OC. The number of anilines is 1. The van der Waals surface area contributed by atoms with Crippen molar-refractivity contribution in [1.82, 2.24) is 8.61 Å². The smallest absolute Gasteiger partial charge is 0.255 e. The van der Waals surface area contributed by atoms with Crippen LogP contribution < -0.4 is 10.1 Å². The van der Waals surface area contributed by atoms with Crippen LogP contribution in [0.3, 0.4) is 0 Å². The van der Waals surface area contributed by atoms with Gasteiger partial charge in [-0.15, -0.1) is 0 Å². The highest BCUT2D eigenvalue weighted by atomic mass is 32.2. The molecule has 39 heavy (non-hydrogen) atoms. The Kier molecular flexibility index (Phi) is 9.03. The molecule has 1 aliphatic heterocycles. The molecular weight excluding hydrogens is 542 g/mol. The lowest BCUT2D eigenvalue weighted by atomic mass is 10.2. The van der Waals surface area contributed by atoms with Gasteiger partial charge in [-0.3, -0.25) is 4.79 Å². The lowest BCUT2D eigenvalue weighted by Gasteiger charge is -2.26. The number of benzene rings is 3. The van der Waals surface area contributed by atoms with Crippen LogP contribution in [0.4, 0.5) is 5.69 Å². The molecule has 1 aliphatic rings. The number of carbonyl (C=O) groups excluding carboxylic acids is 1. The van der Waals surface area contributed by atoms with Crippen LogP contribution in [0.15, 0.2) is 82.6 Å². The van der Waals surface area contributed by atoms with Crippen LogP contribution in [0.5, 0.6) is 5.75 Å². The molecule has 0 aliphatic carbocycles. The predicted molar refractivity (Wildman–Crippen MR) is 147 cm³/mol. The Hall–Kier alpha value is -3.29. The number of methoxy groups -OCH3 is 1. The van der Waals surface area contributed by atoms with Crippen molar-refractivity contribution >= 4 is 31.6 Å². The molecule has 0 atom stereocenters. The van der Waals surface area contributed by atoms with Gasteiger partial charge in [0.05, 0.1) is 25.2 Å². The Balaban J connectivity index is 1.59. The minimum atomic E-state index is -4.03. The Morgan fingerprint density at radius 2 is 1.69 bits per heavy atom. The van der Waals surface area contributed by atoms with Crippen molar-refractivity contribution in [2.45, 2.75) is 23.3 Å². The lowest BCUT2D eigenvalue weighted by Crippen LogP contribution is -2.40. The van der Waals surface area contributed by atoms with E-state index < -0.39 is 26.0 Å². The molecule has 3 aromatic rings. The number of ether oxygens (including phenoxy) is 2. The quantitative estimate of drug-likeness (QED) is 0.395. The van der Waals surface area contributed by atoms with E-state index in [1.165, 1.54) is 52.1 Å². The molecular formula is C27H31N3O7S2. The zero-order chi connectivity index (χ0) is 28.0. The summed E-state index contributed by atoms with van der Waals surface area (Å²) in [6, 6.07) is 19.3. The average Bonchev–Trinajstić information content (AvgIpc) is 2.96. The summed E-state index contributed by atoms with van der Waals surface area (Å²) in [4.78, 5) is 13.1. The van der Waals surface area contributed by atoms with Gasteiger partial charge < -0.3 is 14.8 Å². The Bertz CT molecular complexity index is 1520. The second-order valence-electron chi connectivity index (χ2n) is 8.78. The maximum atomic E-state index is 13.6. The first-order chi connectivity index (χ1) is 18.7. The number of hydrogen-bond acceptors (Lipinski definition) is 7. The maximum absolute atomic E-state index is 13.6. The predicted octanol–water partition coefficient (Wildman–Crippen LogP) is 3.18. The monoisotopic (exact) mass is 573 g/mol. The summed E-state index contributed by atoms with van der Waals surface area (Å²) in [5.74, 6) is -0.488. The molecule has 1 saturated heterocycles. The van der Waals surface area contributed by atoms with E-state index in [1.54, 1.807) is 13.0 Å². The fraction of sp³-hybridized carbons (Fsp3) is 0.296. The molecule has 4 rings (SSSR count). The second kappa shape index (κ2) is 12.3. The summed E-state index contributed by atoms with van der Waals surface area (Å²) in [5.41, 5.74) is 1.16. The van der Waals surface area contributed by atoms with Crippen molar-refractivity contribution < 1.29 is 31.1 Å². The first-order valence-electron chi connectivity index (χ1n) is 12.4. The minimum absolute atomic E-state index is 0.0414. The largest absolute Gasteiger partial charge is 0.495 e. The van der Waals surface area contributed by atoms with Crippen LogP contribution in [0.1, 0.15) is 22.8 Å². The molecule has 1 heterocycles. The Morgan fingerprint density at radius 3 is 2.36 bits per heavy atom. The van der Waals surface area contributed by atoms with Crippen molar-refractivity contribution in [2.75, 3.05) is 45.3 Å². The van der Waals surface area contributed by atoms with Crippen LogP contribution in [0.2, 0.25) is 0 Å². The average molecular weight is 574 g/mol. The molecule has 1 fully saturated rings. The summed E-state index contributed by atoms with van der Waals surface area (Å²) in [6.07, 6.45) is 0. The molecule has 0 aromatic heterocycles. The summed E-state index contributed by atoms with van der Waals surface area (Å²) < 4.78 is 66.5. The number of nitrogens with one attached hydrogen (secondary N) is 1. The molecule has 0 unspecified atom stereocenters. The molecule has 0 spiro atoms. The molecule has 0 bridgehead atoms. The van der Waals surface area contributed by atoms with Crippen LogP contribution in [0, 0.1) is 0 Å². The molecule has 1 N–H and O–H groups in total. The van der Waals surface area contributed by atoms with E-state index in [9.17, 15) is 21.6 Å². The normalized spacial score (nSPS) is 14.7.